The molecular weight excluding hydrogens is 309 g/mol. The zero-order valence-electron chi connectivity index (χ0n) is 9.50. The zero-order chi connectivity index (χ0) is 13.0. The fourth-order valence-electron chi connectivity index (χ4n) is 1.37. The molecule has 0 aliphatic carbocycles. The highest BCUT2D eigenvalue weighted by Crippen LogP contribution is 2.17. The summed E-state index contributed by atoms with van der Waals surface area (Å²) in [7, 11) is -0.964. The number of halogens is 2. The smallest absolute Gasteiger partial charge is 0.252 e. The molecule has 94 valence electrons. The Kier molecular flexibility index (Phi) is 5.27. The van der Waals surface area contributed by atoms with Crippen LogP contribution >= 0.6 is 15.9 Å². The predicted molar refractivity (Wildman–Crippen MR) is 70.0 cm³/mol. The van der Waals surface area contributed by atoms with Crippen molar-refractivity contribution in [2.45, 2.75) is 13.0 Å². The molecule has 6 heteroatoms. The van der Waals surface area contributed by atoms with Gasteiger partial charge in [0.15, 0.2) is 0 Å². The first-order valence-corrected chi connectivity index (χ1v) is 7.48. The van der Waals surface area contributed by atoms with Crippen molar-refractivity contribution >= 4 is 32.6 Å². The fourth-order valence-corrected chi connectivity index (χ4v) is 2.69. The van der Waals surface area contributed by atoms with Gasteiger partial charge < -0.3 is 5.32 Å². The summed E-state index contributed by atoms with van der Waals surface area (Å²) in [4.78, 5) is 11.8. The molecule has 3 nitrogen and oxygen atoms in total. The number of hydrogen-bond acceptors (Lipinski definition) is 2. The Morgan fingerprint density at radius 2 is 2.24 bits per heavy atom. The standard InChI is InChI=1S/C11H13BrFNO2S/c1-7(6-17(2)16)14-11(15)9-4-3-8(13)5-10(9)12/h3-5,7H,6H2,1-2H3,(H,14,15). The number of amides is 1. The van der Waals surface area contributed by atoms with E-state index in [2.05, 4.69) is 21.2 Å². The Balaban J connectivity index is 2.73. The van der Waals surface area contributed by atoms with E-state index in [0.717, 1.165) is 0 Å². The van der Waals surface area contributed by atoms with Crippen molar-refractivity contribution in [3.63, 3.8) is 0 Å². The maximum absolute atomic E-state index is 12.8. The summed E-state index contributed by atoms with van der Waals surface area (Å²) in [5, 5.41) is 2.70. The minimum atomic E-state index is -0.964. The van der Waals surface area contributed by atoms with Crippen LogP contribution in [0.5, 0.6) is 0 Å². The Morgan fingerprint density at radius 1 is 1.59 bits per heavy atom. The molecule has 0 fully saturated rings. The van der Waals surface area contributed by atoms with Crippen LogP contribution in [0.4, 0.5) is 4.39 Å². The molecule has 0 saturated carbocycles. The summed E-state index contributed by atoms with van der Waals surface area (Å²) in [5.74, 6) is -0.323. The van der Waals surface area contributed by atoms with Crippen LogP contribution in [-0.4, -0.2) is 28.2 Å². The van der Waals surface area contributed by atoms with E-state index in [-0.39, 0.29) is 11.9 Å². The van der Waals surface area contributed by atoms with E-state index < -0.39 is 16.6 Å². The number of hydrogen-bond donors (Lipinski definition) is 1. The molecule has 0 radical (unpaired) electrons. The average Bonchev–Trinajstić information content (AvgIpc) is 2.15. The topological polar surface area (TPSA) is 46.2 Å². The third-order valence-corrected chi connectivity index (χ3v) is 3.66. The summed E-state index contributed by atoms with van der Waals surface area (Å²) in [6.45, 7) is 1.77. The quantitative estimate of drug-likeness (QED) is 0.923. The number of carbonyl (C=O) groups is 1. The summed E-state index contributed by atoms with van der Waals surface area (Å²) >= 11 is 3.13. The van der Waals surface area contributed by atoms with Crippen LogP contribution in [0.2, 0.25) is 0 Å². The Bertz CT molecular complexity index is 453. The van der Waals surface area contributed by atoms with E-state index in [0.29, 0.717) is 15.8 Å². The Morgan fingerprint density at radius 3 is 2.76 bits per heavy atom. The molecule has 2 unspecified atom stereocenters. The van der Waals surface area contributed by atoms with Gasteiger partial charge in [-0.3, -0.25) is 9.00 Å². The third kappa shape index (κ3) is 4.55. The van der Waals surface area contributed by atoms with Gasteiger partial charge >= 0.3 is 0 Å². The van der Waals surface area contributed by atoms with Gasteiger partial charge in [-0.05, 0) is 41.1 Å². The lowest BCUT2D eigenvalue weighted by molar-refractivity contribution is 0.0943. The molecule has 0 spiro atoms. The SMILES string of the molecule is CC(CS(C)=O)NC(=O)c1ccc(F)cc1Br. The molecule has 0 aliphatic rings. The summed E-state index contributed by atoms with van der Waals surface area (Å²) < 4.78 is 24.2. The van der Waals surface area contributed by atoms with Crippen LogP contribution in [-0.2, 0) is 10.8 Å². The number of rotatable bonds is 4. The molecule has 0 aliphatic heterocycles. The van der Waals surface area contributed by atoms with Crippen LogP contribution in [0, 0.1) is 5.82 Å². The molecule has 0 aromatic heterocycles. The van der Waals surface area contributed by atoms with Gasteiger partial charge in [-0.15, -0.1) is 0 Å². The lowest BCUT2D eigenvalue weighted by atomic mass is 10.2. The van der Waals surface area contributed by atoms with Crippen LogP contribution in [0.25, 0.3) is 0 Å². The number of carbonyl (C=O) groups excluding carboxylic acids is 1. The molecule has 1 rings (SSSR count). The van der Waals surface area contributed by atoms with Gasteiger partial charge in [0.2, 0.25) is 0 Å². The van der Waals surface area contributed by atoms with Crippen molar-refractivity contribution in [2.24, 2.45) is 0 Å². The van der Waals surface area contributed by atoms with Gasteiger partial charge in [0, 0.05) is 33.3 Å². The highest BCUT2D eigenvalue weighted by Gasteiger charge is 2.13. The highest BCUT2D eigenvalue weighted by atomic mass is 79.9. The average molecular weight is 322 g/mol. The number of nitrogens with one attached hydrogen (secondary N) is 1. The van der Waals surface area contributed by atoms with Gasteiger partial charge in [-0.1, -0.05) is 0 Å². The molecular formula is C11H13BrFNO2S. The first-order valence-electron chi connectivity index (χ1n) is 4.96. The minimum absolute atomic E-state index is 0.190. The summed E-state index contributed by atoms with van der Waals surface area (Å²) in [6.07, 6.45) is 1.58. The first kappa shape index (κ1) is 14.3. The largest absolute Gasteiger partial charge is 0.349 e. The van der Waals surface area contributed by atoms with Crippen molar-refractivity contribution in [1.29, 1.82) is 0 Å². The van der Waals surface area contributed by atoms with Crippen LogP contribution in [0.3, 0.4) is 0 Å². The van der Waals surface area contributed by atoms with Gasteiger partial charge in [0.1, 0.15) is 5.82 Å². The second kappa shape index (κ2) is 6.26. The van der Waals surface area contributed by atoms with E-state index in [9.17, 15) is 13.4 Å². The van der Waals surface area contributed by atoms with E-state index in [1.165, 1.54) is 18.2 Å². The molecule has 1 aromatic carbocycles. The summed E-state index contributed by atoms with van der Waals surface area (Å²) in [6, 6.07) is 3.68. The van der Waals surface area contributed by atoms with Gasteiger partial charge in [-0.25, -0.2) is 4.39 Å². The molecule has 1 amide bonds. The van der Waals surface area contributed by atoms with E-state index in [1.54, 1.807) is 13.2 Å². The maximum Gasteiger partial charge on any atom is 0.252 e. The molecule has 1 aromatic rings. The van der Waals surface area contributed by atoms with Gasteiger partial charge in [-0.2, -0.15) is 0 Å². The first-order chi connectivity index (χ1) is 7.90. The van der Waals surface area contributed by atoms with Crippen molar-refractivity contribution < 1.29 is 13.4 Å². The van der Waals surface area contributed by atoms with E-state index in [4.69, 9.17) is 0 Å². The van der Waals surface area contributed by atoms with Gasteiger partial charge in [0.05, 0.1) is 5.56 Å². The Labute approximate surface area is 110 Å². The van der Waals surface area contributed by atoms with Crippen molar-refractivity contribution in [2.75, 3.05) is 12.0 Å². The predicted octanol–water partition coefficient (Wildman–Crippen LogP) is 2.08. The summed E-state index contributed by atoms with van der Waals surface area (Å²) in [5.41, 5.74) is 0.361. The third-order valence-electron chi connectivity index (χ3n) is 2.04. The lowest BCUT2D eigenvalue weighted by Gasteiger charge is -2.13. The van der Waals surface area contributed by atoms with E-state index in [1.807, 2.05) is 0 Å². The van der Waals surface area contributed by atoms with Gasteiger partial charge in [0.25, 0.3) is 5.91 Å². The molecule has 0 saturated heterocycles. The van der Waals surface area contributed by atoms with Crippen LogP contribution in [0.1, 0.15) is 17.3 Å². The molecule has 0 heterocycles. The van der Waals surface area contributed by atoms with Crippen molar-refractivity contribution in [3.8, 4) is 0 Å². The van der Waals surface area contributed by atoms with Crippen LogP contribution < -0.4 is 5.32 Å². The number of benzene rings is 1. The molecule has 2 atom stereocenters. The minimum Gasteiger partial charge on any atom is -0.349 e. The molecule has 1 N–H and O–H groups in total. The fraction of sp³-hybridized carbons (Fsp3) is 0.364. The van der Waals surface area contributed by atoms with Crippen molar-refractivity contribution in [3.05, 3.63) is 34.1 Å². The lowest BCUT2D eigenvalue weighted by Crippen LogP contribution is -2.36. The Hall–Kier alpha value is -0.750. The zero-order valence-corrected chi connectivity index (χ0v) is 11.9. The van der Waals surface area contributed by atoms with Crippen molar-refractivity contribution in [1.82, 2.24) is 5.32 Å². The maximum atomic E-state index is 12.8. The second-order valence-electron chi connectivity index (χ2n) is 3.74. The second-order valence-corrected chi connectivity index (χ2v) is 6.07. The van der Waals surface area contributed by atoms with E-state index >= 15 is 0 Å². The molecule has 17 heavy (non-hydrogen) atoms. The monoisotopic (exact) mass is 321 g/mol. The molecule has 0 bridgehead atoms. The van der Waals surface area contributed by atoms with Crippen LogP contribution in [0.15, 0.2) is 22.7 Å². The normalized spacial score (nSPS) is 14.1. The highest BCUT2D eigenvalue weighted by molar-refractivity contribution is 9.10.